The monoisotopic (exact) mass is 384 g/mol. The van der Waals surface area contributed by atoms with Crippen LogP contribution in [0.25, 0.3) is 5.69 Å². The summed E-state index contributed by atoms with van der Waals surface area (Å²) >= 11 is 1.11. The van der Waals surface area contributed by atoms with Gasteiger partial charge in [-0.2, -0.15) is 4.68 Å². The van der Waals surface area contributed by atoms with Crippen molar-refractivity contribution in [1.82, 2.24) is 30.8 Å². The van der Waals surface area contributed by atoms with Crippen molar-refractivity contribution < 1.29 is 14.7 Å². The molecule has 3 rings (SSSR count). The number of benzene rings is 2. The second-order valence-electron chi connectivity index (χ2n) is 5.37. The van der Waals surface area contributed by atoms with Gasteiger partial charge in [-0.3, -0.25) is 10.1 Å². The van der Waals surface area contributed by atoms with E-state index >= 15 is 0 Å². The van der Waals surface area contributed by atoms with Gasteiger partial charge >= 0.3 is 6.03 Å². The zero-order valence-electron chi connectivity index (χ0n) is 14.2. The molecule has 0 radical (unpaired) electrons. The summed E-state index contributed by atoms with van der Waals surface area (Å²) in [4.78, 5) is 24.2. The van der Waals surface area contributed by atoms with Crippen LogP contribution in [-0.2, 0) is 4.79 Å². The minimum Gasteiger partial charge on any atom is -0.508 e. The standard InChI is InChI=1S/C17H16N6O3S/c1-18-16(26)19-15(25)14(11-5-3-2-4-6-11)27-17-20-21-22-23(17)12-7-9-13(24)10-8-12/h2-10,14,24H,1H3,(H2,18,19,25,26)/t14-/m0/s1. The zero-order chi connectivity index (χ0) is 19.2. The number of imide groups is 1. The number of phenolic OH excluding ortho intramolecular Hbond substituents is 1. The predicted octanol–water partition coefficient (Wildman–Crippen LogP) is 1.66. The molecule has 0 aliphatic carbocycles. The van der Waals surface area contributed by atoms with Crippen molar-refractivity contribution in [2.75, 3.05) is 7.05 Å². The molecule has 9 nitrogen and oxygen atoms in total. The largest absolute Gasteiger partial charge is 0.508 e. The molecule has 1 heterocycles. The van der Waals surface area contributed by atoms with Crippen LogP contribution >= 0.6 is 11.8 Å². The van der Waals surface area contributed by atoms with Crippen molar-refractivity contribution >= 4 is 23.7 Å². The number of hydrogen-bond acceptors (Lipinski definition) is 7. The lowest BCUT2D eigenvalue weighted by atomic mass is 10.1. The normalized spacial score (nSPS) is 11.6. The summed E-state index contributed by atoms with van der Waals surface area (Å²) in [6, 6.07) is 14.7. The molecule has 0 spiro atoms. The Morgan fingerprint density at radius 2 is 1.81 bits per heavy atom. The number of rotatable bonds is 5. The van der Waals surface area contributed by atoms with Crippen molar-refractivity contribution in [3.8, 4) is 11.4 Å². The highest BCUT2D eigenvalue weighted by Crippen LogP contribution is 2.35. The quantitative estimate of drug-likeness (QED) is 0.572. The van der Waals surface area contributed by atoms with Gasteiger partial charge in [0.1, 0.15) is 11.0 Å². The Labute approximate surface area is 158 Å². The molecule has 0 saturated heterocycles. The molecule has 2 aromatic carbocycles. The number of phenols is 1. The maximum atomic E-state index is 12.6. The number of nitrogens with one attached hydrogen (secondary N) is 2. The lowest BCUT2D eigenvalue weighted by molar-refractivity contribution is -0.119. The Kier molecular flexibility index (Phi) is 5.67. The van der Waals surface area contributed by atoms with Gasteiger partial charge in [0.15, 0.2) is 0 Å². The predicted molar refractivity (Wildman–Crippen MR) is 98.5 cm³/mol. The van der Waals surface area contributed by atoms with Crippen LogP contribution in [0.5, 0.6) is 5.75 Å². The van der Waals surface area contributed by atoms with Gasteiger partial charge < -0.3 is 10.4 Å². The maximum absolute atomic E-state index is 12.6. The van der Waals surface area contributed by atoms with Crippen LogP contribution in [0.15, 0.2) is 59.8 Å². The Morgan fingerprint density at radius 1 is 1.11 bits per heavy atom. The van der Waals surface area contributed by atoms with Crippen molar-refractivity contribution in [2.45, 2.75) is 10.4 Å². The number of tetrazole rings is 1. The average Bonchev–Trinajstić information content (AvgIpc) is 3.15. The molecule has 1 atom stereocenters. The van der Waals surface area contributed by atoms with Gasteiger partial charge in [-0.25, -0.2) is 4.79 Å². The Hall–Kier alpha value is -3.40. The van der Waals surface area contributed by atoms with Crippen molar-refractivity contribution in [1.29, 1.82) is 0 Å². The van der Waals surface area contributed by atoms with Crippen LogP contribution in [-0.4, -0.2) is 44.3 Å². The number of carbonyl (C=O) groups excluding carboxylic acids is 2. The molecular weight excluding hydrogens is 368 g/mol. The van der Waals surface area contributed by atoms with E-state index < -0.39 is 17.2 Å². The fraction of sp³-hybridized carbons (Fsp3) is 0.118. The molecular formula is C17H16N6O3S. The highest BCUT2D eigenvalue weighted by Gasteiger charge is 2.26. The maximum Gasteiger partial charge on any atom is 0.321 e. The van der Waals surface area contributed by atoms with Gasteiger partial charge in [0.2, 0.25) is 11.1 Å². The molecule has 138 valence electrons. The van der Waals surface area contributed by atoms with E-state index in [9.17, 15) is 14.7 Å². The summed E-state index contributed by atoms with van der Waals surface area (Å²) in [5, 5.41) is 25.3. The van der Waals surface area contributed by atoms with Crippen LogP contribution in [0.3, 0.4) is 0 Å². The van der Waals surface area contributed by atoms with Crippen LogP contribution in [0, 0.1) is 0 Å². The minimum absolute atomic E-state index is 0.119. The van der Waals surface area contributed by atoms with Gasteiger partial charge in [-0.05, 0) is 40.3 Å². The van der Waals surface area contributed by atoms with E-state index in [1.165, 1.54) is 23.9 Å². The Balaban J connectivity index is 1.91. The smallest absolute Gasteiger partial charge is 0.321 e. The number of urea groups is 1. The number of carbonyl (C=O) groups is 2. The Bertz CT molecular complexity index is 929. The second kappa shape index (κ2) is 8.32. The molecule has 0 saturated carbocycles. The molecule has 3 N–H and O–H groups in total. The first-order chi connectivity index (χ1) is 13.1. The summed E-state index contributed by atoms with van der Waals surface area (Å²) in [7, 11) is 1.43. The molecule has 0 bridgehead atoms. The van der Waals surface area contributed by atoms with E-state index in [1.54, 1.807) is 36.4 Å². The molecule has 0 fully saturated rings. The molecule has 0 unspecified atom stereocenters. The fourth-order valence-corrected chi connectivity index (χ4v) is 3.25. The zero-order valence-corrected chi connectivity index (χ0v) is 15.1. The van der Waals surface area contributed by atoms with E-state index in [1.807, 2.05) is 6.07 Å². The molecule has 3 aromatic rings. The molecule has 1 aromatic heterocycles. The minimum atomic E-state index is -0.745. The van der Waals surface area contributed by atoms with Gasteiger partial charge in [0.25, 0.3) is 0 Å². The number of amides is 3. The van der Waals surface area contributed by atoms with E-state index in [-0.39, 0.29) is 5.75 Å². The molecule has 10 heteroatoms. The van der Waals surface area contributed by atoms with Crippen LogP contribution < -0.4 is 10.6 Å². The summed E-state index contributed by atoms with van der Waals surface area (Å²) in [5.41, 5.74) is 1.32. The summed E-state index contributed by atoms with van der Waals surface area (Å²) < 4.78 is 1.45. The van der Waals surface area contributed by atoms with Crippen molar-refractivity contribution in [3.63, 3.8) is 0 Å². The molecule has 0 aliphatic heterocycles. The van der Waals surface area contributed by atoms with Gasteiger partial charge in [0.05, 0.1) is 5.69 Å². The first-order valence-corrected chi connectivity index (χ1v) is 8.78. The number of aromatic hydroxyl groups is 1. The van der Waals surface area contributed by atoms with Crippen molar-refractivity contribution in [3.05, 3.63) is 60.2 Å². The first-order valence-electron chi connectivity index (χ1n) is 7.90. The van der Waals surface area contributed by atoms with E-state index in [4.69, 9.17) is 0 Å². The van der Waals surface area contributed by atoms with Gasteiger partial charge in [0, 0.05) is 7.05 Å². The third-order valence-corrected chi connectivity index (χ3v) is 4.75. The Morgan fingerprint density at radius 3 is 2.48 bits per heavy atom. The van der Waals surface area contributed by atoms with Crippen LogP contribution in [0.2, 0.25) is 0 Å². The lowest BCUT2D eigenvalue weighted by Gasteiger charge is -2.15. The lowest BCUT2D eigenvalue weighted by Crippen LogP contribution is -2.39. The number of nitrogens with zero attached hydrogens (tertiary/aromatic N) is 4. The number of hydrogen-bond donors (Lipinski definition) is 3. The van der Waals surface area contributed by atoms with E-state index in [0.717, 1.165) is 11.8 Å². The van der Waals surface area contributed by atoms with Gasteiger partial charge in [-0.1, -0.05) is 42.1 Å². The summed E-state index contributed by atoms with van der Waals surface area (Å²) in [5.74, 6) is -0.376. The third-order valence-electron chi connectivity index (χ3n) is 3.56. The highest BCUT2D eigenvalue weighted by molar-refractivity contribution is 8.00. The van der Waals surface area contributed by atoms with E-state index in [2.05, 4.69) is 26.2 Å². The summed E-state index contributed by atoms with van der Waals surface area (Å²) in [6.45, 7) is 0. The highest BCUT2D eigenvalue weighted by atomic mass is 32.2. The third kappa shape index (κ3) is 4.42. The van der Waals surface area contributed by atoms with Gasteiger partial charge in [-0.15, -0.1) is 5.10 Å². The summed E-state index contributed by atoms with van der Waals surface area (Å²) in [6.07, 6.45) is 0. The molecule has 27 heavy (non-hydrogen) atoms. The average molecular weight is 384 g/mol. The molecule has 0 aliphatic rings. The van der Waals surface area contributed by atoms with Crippen LogP contribution in [0.1, 0.15) is 10.8 Å². The van der Waals surface area contributed by atoms with E-state index in [0.29, 0.717) is 16.4 Å². The topological polar surface area (TPSA) is 122 Å². The van der Waals surface area contributed by atoms with Crippen molar-refractivity contribution in [2.24, 2.45) is 0 Å². The van der Waals surface area contributed by atoms with Crippen LogP contribution in [0.4, 0.5) is 4.79 Å². The number of thioether (sulfide) groups is 1. The number of aromatic nitrogens is 4. The fourth-order valence-electron chi connectivity index (χ4n) is 2.25. The molecule has 3 amide bonds. The SMILES string of the molecule is CNC(=O)NC(=O)[C@@H](Sc1nnnn1-c1ccc(O)cc1)c1ccccc1. The second-order valence-corrected chi connectivity index (χ2v) is 6.44. The first kappa shape index (κ1) is 18.4.